The van der Waals surface area contributed by atoms with Gasteiger partial charge in [-0.25, -0.2) is 9.37 Å². The largest absolute Gasteiger partial charge is 0.493 e. The van der Waals surface area contributed by atoms with Crippen LogP contribution in [0.2, 0.25) is 0 Å². The summed E-state index contributed by atoms with van der Waals surface area (Å²) in [7, 11) is 1.09. The lowest BCUT2D eigenvalue weighted by Crippen LogP contribution is -2.46. The number of aliphatic hydroxyl groups is 2. The predicted octanol–water partition coefficient (Wildman–Crippen LogP) is 4.08. The molecule has 184 valence electrons. The lowest BCUT2D eigenvalue weighted by atomic mass is 9.77. The van der Waals surface area contributed by atoms with Crippen molar-refractivity contribution < 1.29 is 41.6 Å². The standard InChI is InChI=1S/C22H22F5N3O4/c1-9-14(10-4-5-11(23)15(24)18(10)33-3)19(34-21(9,2)22(25,26)27)20-29-12-6-7-28-17(13(32)8-31)16(12)30-20/h4-7,9,13-14,19,31-32H,8H2,1-3H3,(H,29,30)/t9-,13+,14-,19+,21+/m0/s1. The van der Waals surface area contributed by atoms with Crippen molar-refractivity contribution in [2.45, 2.75) is 43.8 Å². The minimum Gasteiger partial charge on any atom is -0.493 e. The van der Waals surface area contributed by atoms with Crippen LogP contribution in [0.15, 0.2) is 24.4 Å². The summed E-state index contributed by atoms with van der Waals surface area (Å²) >= 11 is 0. The molecular formula is C22H22F5N3O4. The Morgan fingerprint density at radius 2 is 1.97 bits per heavy atom. The van der Waals surface area contributed by atoms with Gasteiger partial charge in [-0.05, 0) is 19.1 Å². The van der Waals surface area contributed by atoms with Gasteiger partial charge in [0.15, 0.2) is 17.2 Å². The second-order valence-electron chi connectivity index (χ2n) is 8.35. The second kappa shape index (κ2) is 8.43. The molecule has 2 aromatic heterocycles. The SMILES string of the molecule is COc1c([C@H]2[C@H](c3nc4c([C@H](O)CO)nccc4[nH]3)O[C@@](C)(C(F)(F)F)[C@H]2C)ccc(F)c1F. The molecule has 7 nitrogen and oxygen atoms in total. The first-order chi connectivity index (χ1) is 15.9. The fourth-order valence-electron chi connectivity index (χ4n) is 4.49. The van der Waals surface area contributed by atoms with Crippen LogP contribution in [0.25, 0.3) is 11.0 Å². The van der Waals surface area contributed by atoms with Crippen molar-refractivity contribution in [3.05, 3.63) is 53.1 Å². The van der Waals surface area contributed by atoms with Crippen LogP contribution in [0.1, 0.15) is 49.1 Å². The highest BCUT2D eigenvalue weighted by Gasteiger charge is 2.65. The molecule has 1 aromatic carbocycles. The fourth-order valence-corrected chi connectivity index (χ4v) is 4.49. The van der Waals surface area contributed by atoms with Crippen LogP contribution in [0.4, 0.5) is 22.0 Å². The van der Waals surface area contributed by atoms with Crippen LogP contribution in [-0.2, 0) is 4.74 Å². The third-order valence-electron chi connectivity index (χ3n) is 6.52. The molecule has 0 radical (unpaired) electrons. The molecule has 0 unspecified atom stereocenters. The van der Waals surface area contributed by atoms with E-state index in [2.05, 4.69) is 15.0 Å². The van der Waals surface area contributed by atoms with E-state index in [9.17, 15) is 32.2 Å². The highest BCUT2D eigenvalue weighted by atomic mass is 19.4. The molecule has 1 fully saturated rings. The number of rotatable bonds is 5. The Morgan fingerprint density at radius 3 is 2.59 bits per heavy atom. The fraction of sp³-hybridized carbons (Fsp3) is 0.455. The van der Waals surface area contributed by atoms with Crippen molar-refractivity contribution in [3.8, 4) is 5.75 Å². The lowest BCUT2D eigenvalue weighted by molar-refractivity contribution is -0.275. The first-order valence-electron chi connectivity index (χ1n) is 10.3. The third kappa shape index (κ3) is 3.60. The van der Waals surface area contributed by atoms with E-state index in [0.717, 1.165) is 20.1 Å². The van der Waals surface area contributed by atoms with Gasteiger partial charge < -0.3 is 24.7 Å². The first kappa shape index (κ1) is 24.3. The summed E-state index contributed by atoms with van der Waals surface area (Å²) in [5.74, 6) is -5.49. The maximum Gasteiger partial charge on any atom is 0.417 e. The van der Waals surface area contributed by atoms with E-state index in [4.69, 9.17) is 9.47 Å². The Balaban J connectivity index is 1.92. The number of ether oxygens (including phenoxy) is 2. The zero-order valence-corrected chi connectivity index (χ0v) is 18.3. The molecule has 0 spiro atoms. The van der Waals surface area contributed by atoms with Gasteiger partial charge in [-0.15, -0.1) is 0 Å². The zero-order chi connectivity index (χ0) is 25.0. The highest BCUT2D eigenvalue weighted by molar-refractivity contribution is 5.77. The quantitative estimate of drug-likeness (QED) is 0.469. The Hall–Kier alpha value is -2.83. The van der Waals surface area contributed by atoms with Gasteiger partial charge in [-0.2, -0.15) is 17.6 Å². The van der Waals surface area contributed by atoms with E-state index in [0.29, 0.717) is 5.52 Å². The topological polar surface area (TPSA) is 100 Å². The molecule has 0 saturated carbocycles. The van der Waals surface area contributed by atoms with Crippen LogP contribution >= 0.6 is 0 Å². The number of fused-ring (bicyclic) bond motifs is 1. The normalized spacial score (nSPS) is 26.2. The molecule has 3 heterocycles. The van der Waals surface area contributed by atoms with Crippen molar-refractivity contribution in [2.24, 2.45) is 5.92 Å². The van der Waals surface area contributed by atoms with Crippen LogP contribution in [0, 0.1) is 17.6 Å². The number of aliphatic hydroxyl groups excluding tert-OH is 2. The monoisotopic (exact) mass is 487 g/mol. The van der Waals surface area contributed by atoms with Crippen LogP contribution in [-0.4, -0.2) is 50.7 Å². The Labute approximate surface area is 190 Å². The lowest BCUT2D eigenvalue weighted by Gasteiger charge is -2.32. The van der Waals surface area contributed by atoms with E-state index in [1.54, 1.807) is 0 Å². The molecular weight excluding hydrogens is 465 g/mol. The second-order valence-corrected chi connectivity index (χ2v) is 8.35. The van der Waals surface area contributed by atoms with Crippen molar-refractivity contribution >= 4 is 11.0 Å². The number of halogens is 5. The van der Waals surface area contributed by atoms with Gasteiger partial charge in [0.1, 0.15) is 23.5 Å². The molecule has 3 aromatic rings. The Kier molecular flexibility index (Phi) is 6.03. The molecule has 3 N–H and O–H groups in total. The van der Waals surface area contributed by atoms with E-state index in [1.807, 2.05) is 0 Å². The third-order valence-corrected chi connectivity index (χ3v) is 6.52. The molecule has 1 aliphatic heterocycles. The summed E-state index contributed by atoms with van der Waals surface area (Å²) in [6.45, 7) is 1.55. The van der Waals surface area contributed by atoms with Crippen LogP contribution < -0.4 is 4.74 Å². The van der Waals surface area contributed by atoms with E-state index in [1.165, 1.54) is 25.3 Å². The van der Waals surface area contributed by atoms with Gasteiger partial charge in [-0.1, -0.05) is 13.0 Å². The minimum atomic E-state index is -4.79. The van der Waals surface area contributed by atoms with Crippen molar-refractivity contribution in [1.82, 2.24) is 15.0 Å². The molecule has 0 amide bonds. The minimum absolute atomic E-state index is 0.0129. The van der Waals surface area contributed by atoms with E-state index >= 15 is 0 Å². The van der Waals surface area contributed by atoms with E-state index < -0.39 is 59.8 Å². The molecule has 4 rings (SSSR count). The van der Waals surface area contributed by atoms with Gasteiger partial charge in [0.25, 0.3) is 0 Å². The summed E-state index contributed by atoms with van der Waals surface area (Å²) in [5, 5.41) is 19.3. The number of aromatic nitrogens is 3. The number of aromatic amines is 1. The summed E-state index contributed by atoms with van der Waals surface area (Å²) in [4.78, 5) is 11.2. The number of nitrogens with zero attached hydrogens (tertiary/aromatic N) is 2. The molecule has 12 heteroatoms. The molecule has 0 aliphatic carbocycles. The zero-order valence-electron chi connectivity index (χ0n) is 18.3. The summed E-state index contributed by atoms with van der Waals surface area (Å²) in [6, 6.07) is 3.48. The Morgan fingerprint density at radius 1 is 1.26 bits per heavy atom. The molecule has 0 bridgehead atoms. The molecule has 34 heavy (non-hydrogen) atoms. The van der Waals surface area contributed by atoms with Crippen molar-refractivity contribution in [1.29, 1.82) is 0 Å². The van der Waals surface area contributed by atoms with Gasteiger partial charge in [0, 0.05) is 23.6 Å². The number of hydrogen-bond donors (Lipinski definition) is 3. The predicted molar refractivity (Wildman–Crippen MR) is 109 cm³/mol. The number of alkyl halides is 3. The van der Waals surface area contributed by atoms with Gasteiger partial charge >= 0.3 is 6.18 Å². The molecule has 5 atom stereocenters. The van der Waals surface area contributed by atoms with Gasteiger partial charge in [0.2, 0.25) is 5.82 Å². The molecule has 1 saturated heterocycles. The average molecular weight is 487 g/mol. The van der Waals surface area contributed by atoms with Gasteiger partial charge in [0.05, 0.1) is 24.9 Å². The number of hydrogen-bond acceptors (Lipinski definition) is 6. The number of methoxy groups -OCH3 is 1. The van der Waals surface area contributed by atoms with Crippen molar-refractivity contribution in [3.63, 3.8) is 0 Å². The smallest absolute Gasteiger partial charge is 0.417 e. The van der Waals surface area contributed by atoms with E-state index in [-0.39, 0.29) is 22.6 Å². The summed E-state index contributed by atoms with van der Waals surface area (Å²) in [5.41, 5.74) is -2.18. The van der Waals surface area contributed by atoms with Crippen LogP contribution in [0.5, 0.6) is 5.75 Å². The number of H-pyrrole nitrogens is 1. The number of benzene rings is 1. The number of nitrogens with one attached hydrogen (secondary N) is 1. The van der Waals surface area contributed by atoms with Gasteiger partial charge in [-0.3, -0.25) is 4.98 Å². The van der Waals surface area contributed by atoms with Crippen molar-refractivity contribution in [2.75, 3.05) is 13.7 Å². The highest BCUT2D eigenvalue weighted by Crippen LogP contribution is 2.59. The summed E-state index contributed by atoms with van der Waals surface area (Å²) in [6.07, 6.45) is -6.19. The average Bonchev–Trinajstić information content (AvgIpc) is 3.34. The Bertz CT molecular complexity index is 1220. The first-order valence-corrected chi connectivity index (χ1v) is 10.3. The number of pyridine rings is 1. The number of imidazole rings is 1. The summed E-state index contributed by atoms with van der Waals surface area (Å²) < 4.78 is 81.3. The maximum atomic E-state index is 14.5. The molecule has 1 aliphatic rings. The van der Waals surface area contributed by atoms with Crippen LogP contribution in [0.3, 0.4) is 0 Å². The maximum absolute atomic E-state index is 14.5.